The number of aromatic nitrogens is 3. The van der Waals surface area contributed by atoms with Gasteiger partial charge in [-0.1, -0.05) is 42.5 Å². The molecule has 0 saturated carbocycles. The largest absolute Gasteiger partial charge is 0.494 e. The Balaban J connectivity index is 1.37. The van der Waals surface area contributed by atoms with Crippen LogP contribution in [0.4, 0.5) is 11.4 Å². The Hall–Kier alpha value is -5.02. The Morgan fingerprint density at radius 3 is 2.54 bits per heavy atom. The number of aliphatic imine (C=N–C) groups is 1. The van der Waals surface area contributed by atoms with Crippen molar-refractivity contribution >= 4 is 40.1 Å². The van der Waals surface area contributed by atoms with Crippen molar-refractivity contribution in [2.24, 2.45) is 4.99 Å². The Labute approximate surface area is 237 Å². The molecule has 0 aliphatic carbocycles. The number of aromatic hydroxyl groups is 1. The minimum atomic E-state index is -0.436. The molecule has 206 valence electrons. The normalized spacial score (nSPS) is 14.4. The molecule has 0 amide bonds. The topological polar surface area (TPSA) is 123 Å². The summed E-state index contributed by atoms with van der Waals surface area (Å²) >= 11 is 0. The molecule has 0 radical (unpaired) electrons. The van der Waals surface area contributed by atoms with E-state index in [1.807, 2.05) is 48.6 Å². The van der Waals surface area contributed by atoms with Gasteiger partial charge in [0, 0.05) is 35.1 Å². The number of H-pyrrole nitrogens is 2. The van der Waals surface area contributed by atoms with Crippen molar-refractivity contribution in [3.63, 3.8) is 0 Å². The van der Waals surface area contributed by atoms with Gasteiger partial charge in [-0.15, -0.1) is 0 Å². The van der Waals surface area contributed by atoms with E-state index in [-0.39, 0.29) is 11.6 Å². The molecule has 41 heavy (non-hydrogen) atoms. The van der Waals surface area contributed by atoms with Gasteiger partial charge in [-0.05, 0) is 67.8 Å². The van der Waals surface area contributed by atoms with E-state index < -0.39 is 4.92 Å². The van der Waals surface area contributed by atoms with Gasteiger partial charge in [-0.25, -0.2) is 9.98 Å². The number of nitro groups is 1. The first kappa shape index (κ1) is 26.2. The van der Waals surface area contributed by atoms with Crippen LogP contribution in [-0.4, -0.2) is 55.2 Å². The number of nitrogens with zero attached hydrogens (tertiary/aromatic N) is 4. The molecule has 9 heteroatoms. The van der Waals surface area contributed by atoms with Crippen molar-refractivity contribution in [3.8, 4) is 5.88 Å². The van der Waals surface area contributed by atoms with E-state index in [0.717, 1.165) is 29.8 Å². The third-order valence-corrected chi connectivity index (χ3v) is 7.46. The number of nitrogens with one attached hydrogen (secondary N) is 2. The molecule has 2 aromatic heterocycles. The zero-order chi connectivity index (χ0) is 28.2. The van der Waals surface area contributed by atoms with Crippen LogP contribution in [0, 0.1) is 10.1 Å². The molecule has 6 rings (SSSR count). The average Bonchev–Trinajstić information content (AvgIpc) is 3.76. The lowest BCUT2D eigenvalue weighted by Gasteiger charge is -2.14. The highest BCUT2D eigenvalue weighted by molar-refractivity contribution is 6.22. The predicted molar refractivity (Wildman–Crippen MR) is 162 cm³/mol. The average molecular weight is 547 g/mol. The maximum Gasteiger partial charge on any atom is 0.270 e. The van der Waals surface area contributed by atoms with Crippen LogP contribution in [0.15, 0.2) is 84.2 Å². The van der Waals surface area contributed by atoms with Crippen molar-refractivity contribution in [3.05, 3.63) is 117 Å². The highest BCUT2D eigenvalue weighted by Gasteiger charge is 2.21. The number of likely N-dealkylation sites (tertiary alicyclic amines) is 1. The van der Waals surface area contributed by atoms with Crippen LogP contribution >= 0.6 is 0 Å². The molecule has 9 nitrogen and oxygen atoms in total. The SMILES string of the molecule is O=[N+]([O-])c1ccc2[nH]c(O)c(C(=Nc3ccc(C=Cc4cnc[nH]4)cc3)c3ccc(CCN4CCCC4)cc3)c2c1. The van der Waals surface area contributed by atoms with Crippen molar-refractivity contribution in [1.29, 1.82) is 0 Å². The van der Waals surface area contributed by atoms with Crippen LogP contribution < -0.4 is 0 Å². The second kappa shape index (κ2) is 11.6. The first-order valence-electron chi connectivity index (χ1n) is 13.7. The molecular weight excluding hydrogens is 516 g/mol. The molecule has 0 bridgehead atoms. The third-order valence-electron chi connectivity index (χ3n) is 7.46. The zero-order valence-electron chi connectivity index (χ0n) is 22.5. The maximum absolute atomic E-state index is 11.5. The summed E-state index contributed by atoms with van der Waals surface area (Å²) < 4.78 is 0. The van der Waals surface area contributed by atoms with Crippen molar-refractivity contribution in [1.82, 2.24) is 19.9 Å². The Kier molecular flexibility index (Phi) is 7.42. The van der Waals surface area contributed by atoms with E-state index in [4.69, 9.17) is 4.99 Å². The van der Waals surface area contributed by atoms with E-state index in [0.29, 0.717) is 27.9 Å². The number of hydrogen-bond donors (Lipinski definition) is 3. The summed E-state index contributed by atoms with van der Waals surface area (Å²) in [5.74, 6) is -0.0866. The van der Waals surface area contributed by atoms with Gasteiger partial charge in [0.1, 0.15) is 0 Å². The molecule has 3 aromatic carbocycles. The van der Waals surface area contributed by atoms with Crippen LogP contribution in [0.25, 0.3) is 23.1 Å². The number of aromatic amines is 2. The highest BCUT2D eigenvalue weighted by atomic mass is 16.6. The Bertz CT molecular complexity index is 1710. The molecule has 0 spiro atoms. The lowest BCUT2D eigenvalue weighted by atomic mass is 9.98. The highest BCUT2D eigenvalue weighted by Crippen LogP contribution is 2.34. The number of imidazole rings is 1. The molecular formula is C32H30N6O3. The first-order valence-corrected chi connectivity index (χ1v) is 13.7. The molecule has 3 heterocycles. The lowest BCUT2D eigenvalue weighted by Crippen LogP contribution is -2.21. The minimum Gasteiger partial charge on any atom is -0.494 e. The summed E-state index contributed by atoms with van der Waals surface area (Å²) in [6, 6.07) is 20.5. The van der Waals surface area contributed by atoms with Gasteiger partial charge in [-0.2, -0.15) is 0 Å². The van der Waals surface area contributed by atoms with Gasteiger partial charge in [0.25, 0.3) is 5.69 Å². The van der Waals surface area contributed by atoms with E-state index in [2.05, 4.69) is 32.0 Å². The summed E-state index contributed by atoms with van der Waals surface area (Å²) in [4.78, 5) is 28.6. The van der Waals surface area contributed by atoms with Gasteiger partial charge in [0.2, 0.25) is 0 Å². The van der Waals surface area contributed by atoms with Gasteiger partial charge in [0.05, 0.1) is 40.1 Å². The number of benzene rings is 3. The summed E-state index contributed by atoms with van der Waals surface area (Å²) in [7, 11) is 0. The quantitative estimate of drug-likeness (QED) is 0.111. The van der Waals surface area contributed by atoms with Gasteiger partial charge >= 0.3 is 0 Å². The monoisotopic (exact) mass is 546 g/mol. The molecule has 1 aliphatic heterocycles. The number of hydrogen-bond acceptors (Lipinski definition) is 6. The van der Waals surface area contributed by atoms with E-state index in [1.165, 1.54) is 43.6 Å². The molecule has 5 aromatic rings. The number of non-ortho nitro benzene ring substituents is 1. The van der Waals surface area contributed by atoms with E-state index in [1.54, 1.807) is 18.6 Å². The van der Waals surface area contributed by atoms with Crippen molar-refractivity contribution < 1.29 is 10.0 Å². The second-order valence-corrected chi connectivity index (χ2v) is 10.2. The Morgan fingerprint density at radius 2 is 1.83 bits per heavy atom. The van der Waals surface area contributed by atoms with Crippen LogP contribution in [0.3, 0.4) is 0 Å². The van der Waals surface area contributed by atoms with Gasteiger partial charge < -0.3 is 20.0 Å². The number of rotatable bonds is 9. The fourth-order valence-electron chi connectivity index (χ4n) is 5.24. The number of fused-ring (bicyclic) bond motifs is 1. The van der Waals surface area contributed by atoms with E-state index >= 15 is 0 Å². The summed E-state index contributed by atoms with van der Waals surface area (Å²) in [6.07, 6.45) is 10.8. The van der Waals surface area contributed by atoms with Gasteiger partial charge in [-0.3, -0.25) is 10.1 Å². The van der Waals surface area contributed by atoms with Gasteiger partial charge in [0.15, 0.2) is 5.88 Å². The van der Waals surface area contributed by atoms with Crippen LogP contribution in [0.5, 0.6) is 5.88 Å². The fourth-order valence-corrected chi connectivity index (χ4v) is 5.24. The molecule has 0 atom stereocenters. The summed E-state index contributed by atoms with van der Waals surface area (Å²) in [6.45, 7) is 3.37. The minimum absolute atomic E-state index is 0.0530. The first-order chi connectivity index (χ1) is 20.0. The molecule has 3 N–H and O–H groups in total. The lowest BCUT2D eigenvalue weighted by molar-refractivity contribution is -0.384. The Morgan fingerprint density at radius 1 is 1.05 bits per heavy atom. The maximum atomic E-state index is 11.5. The smallest absolute Gasteiger partial charge is 0.270 e. The van der Waals surface area contributed by atoms with Crippen molar-refractivity contribution in [2.45, 2.75) is 19.3 Å². The molecule has 0 unspecified atom stereocenters. The van der Waals surface area contributed by atoms with Crippen LogP contribution in [0.2, 0.25) is 0 Å². The summed E-state index contributed by atoms with van der Waals surface area (Å²) in [5.41, 5.74) is 6.12. The third kappa shape index (κ3) is 5.95. The standard InChI is InChI=1S/C32H30N6O3/c39-32-30(28-19-27(38(40)41)13-14-29(28)36-32)31(24-8-3-23(4-9-24)15-18-37-16-1-2-17-37)35-25-10-5-22(6-11-25)7-12-26-20-33-21-34-26/h3-14,19-21,36,39H,1-2,15-18H2,(H,33,34). The fraction of sp³-hybridized carbons (Fsp3) is 0.188. The second-order valence-electron chi connectivity index (χ2n) is 10.2. The molecule has 1 aliphatic rings. The summed E-state index contributed by atoms with van der Waals surface area (Å²) in [5, 5.41) is 23.1. The van der Waals surface area contributed by atoms with Crippen LogP contribution in [0.1, 0.15) is 40.8 Å². The zero-order valence-corrected chi connectivity index (χ0v) is 22.5. The van der Waals surface area contributed by atoms with Crippen LogP contribution in [-0.2, 0) is 6.42 Å². The molecule has 1 fully saturated rings. The van der Waals surface area contributed by atoms with E-state index in [9.17, 15) is 15.2 Å². The molecule has 1 saturated heterocycles. The van der Waals surface area contributed by atoms with Crippen molar-refractivity contribution in [2.75, 3.05) is 19.6 Å². The number of nitro benzene ring substituents is 1. The predicted octanol–water partition coefficient (Wildman–Crippen LogP) is 6.48.